The van der Waals surface area contributed by atoms with Crippen LogP contribution in [0.2, 0.25) is 0 Å². The van der Waals surface area contributed by atoms with Crippen LogP contribution in [0.15, 0.2) is 68.6 Å². The quantitative estimate of drug-likeness (QED) is 0.652. The van der Waals surface area contributed by atoms with Gasteiger partial charge in [0.25, 0.3) is 0 Å². The summed E-state index contributed by atoms with van der Waals surface area (Å²) in [5.41, 5.74) is 2.58. The van der Waals surface area contributed by atoms with Gasteiger partial charge in [-0.25, -0.2) is 18.2 Å². The molecule has 1 aromatic heterocycles. The molecule has 0 aliphatic carbocycles. The smallest absolute Gasteiger partial charge is 0.233 e. The number of nitrogens with zero attached hydrogens (tertiary/aromatic N) is 2. The Morgan fingerprint density at radius 2 is 1.70 bits per heavy atom. The van der Waals surface area contributed by atoms with Crippen LogP contribution in [0.1, 0.15) is 0 Å². The third-order valence-electron chi connectivity index (χ3n) is 3.26. The molecule has 3 aromatic rings. The Hall–Kier alpha value is -1.48. The van der Waals surface area contributed by atoms with E-state index in [9.17, 15) is 8.42 Å². The van der Waals surface area contributed by atoms with Crippen LogP contribution in [0.25, 0.3) is 16.9 Å². The first-order chi connectivity index (χ1) is 10.9. The fourth-order valence-electron chi connectivity index (χ4n) is 2.18. The van der Waals surface area contributed by atoms with E-state index in [2.05, 4.69) is 37.0 Å². The van der Waals surface area contributed by atoms with Crippen molar-refractivity contribution in [2.24, 2.45) is 5.14 Å². The summed E-state index contributed by atoms with van der Waals surface area (Å²) in [6.07, 6.45) is 1.69. The van der Waals surface area contributed by atoms with Gasteiger partial charge in [-0.15, -0.1) is 0 Å². The molecule has 8 heteroatoms. The molecular formula is C15H11Br2N3O2S. The second kappa shape index (κ2) is 6.20. The summed E-state index contributed by atoms with van der Waals surface area (Å²) in [5.74, 6) is 0. The molecule has 0 spiro atoms. The molecule has 0 saturated carbocycles. The number of primary sulfonamides is 1. The van der Waals surface area contributed by atoms with Gasteiger partial charge in [0.15, 0.2) is 0 Å². The van der Waals surface area contributed by atoms with Gasteiger partial charge in [0.2, 0.25) is 10.0 Å². The molecule has 0 aliphatic rings. The summed E-state index contributed by atoms with van der Waals surface area (Å²) >= 11 is 7.00. The molecule has 3 rings (SSSR count). The Bertz CT molecular complexity index is 967. The Labute approximate surface area is 150 Å². The highest BCUT2D eigenvalue weighted by Crippen LogP contribution is 2.32. The molecule has 0 saturated heterocycles. The third-order valence-corrected chi connectivity index (χ3v) is 5.37. The second-order valence-corrected chi connectivity index (χ2v) is 8.12. The van der Waals surface area contributed by atoms with Crippen molar-refractivity contribution in [3.63, 3.8) is 0 Å². The summed E-state index contributed by atoms with van der Waals surface area (Å²) in [5, 5.41) is 9.45. The van der Waals surface area contributed by atoms with Crippen LogP contribution in [0.3, 0.4) is 0 Å². The fraction of sp³-hybridized carbons (Fsp3) is 0. The average Bonchev–Trinajstić information content (AvgIpc) is 2.98. The number of aromatic nitrogens is 2. The Kier molecular flexibility index (Phi) is 4.41. The van der Waals surface area contributed by atoms with Crippen molar-refractivity contribution in [2.45, 2.75) is 4.90 Å². The minimum absolute atomic E-state index is 0.0681. The number of halogens is 2. The molecule has 23 heavy (non-hydrogen) atoms. The topological polar surface area (TPSA) is 78.0 Å². The average molecular weight is 457 g/mol. The highest BCUT2D eigenvalue weighted by molar-refractivity contribution is 9.11. The third kappa shape index (κ3) is 3.40. The lowest BCUT2D eigenvalue weighted by molar-refractivity contribution is 0.598. The highest BCUT2D eigenvalue weighted by atomic mass is 79.9. The fourth-order valence-corrected chi connectivity index (χ4v) is 3.51. The maximum atomic E-state index is 11.3. The van der Waals surface area contributed by atoms with Gasteiger partial charge in [-0.2, -0.15) is 5.10 Å². The molecule has 0 fully saturated rings. The van der Waals surface area contributed by atoms with E-state index < -0.39 is 10.0 Å². The van der Waals surface area contributed by atoms with Crippen LogP contribution in [-0.4, -0.2) is 18.2 Å². The first-order valence-corrected chi connectivity index (χ1v) is 9.62. The van der Waals surface area contributed by atoms with Gasteiger partial charge in [0, 0.05) is 14.5 Å². The molecule has 0 bridgehead atoms. The minimum atomic E-state index is -3.71. The van der Waals surface area contributed by atoms with Gasteiger partial charge in [-0.3, -0.25) is 0 Å². The van der Waals surface area contributed by atoms with Crippen molar-refractivity contribution < 1.29 is 8.42 Å². The minimum Gasteiger partial charge on any atom is -0.233 e. The Balaban J connectivity index is 2.10. The summed E-state index contributed by atoms with van der Waals surface area (Å²) < 4.78 is 26.3. The second-order valence-electron chi connectivity index (χ2n) is 4.79. The van der Waals surface area contributed by atoms with Gasteiger partial charge in [0.1, 0.15) is 0 Å². The lowest BCUT2D eigenvalue weighted by Crippen LogP contribution is -2.12. The largest absolute Gasteiger partial charge is 0.238 e. The summed E-state index contributed by atoms with van der Waals surface area (Å²) in [6, 6.07) is 14.0. The number of hydrogen-bond donors (Lipinski definition) is 1. The van der Waals surface area contributed by atoms with E-state index in [4.69, 9.17) is 5.14 Å². The van der Waals surface area contributed by atoms with Gasteiger partial charge in [-0.1, -0.05) is 31.9 Å². The number of hydrogen-bond acceptors (Lipinski definition) is 3. The number of nitrogens with two attached hydrogens (primary N) is 1. The van der Waals surface area contributed by atoms with Crippen molar-refractivity contribution in [2.75, 3.05) is 0 Å². The number of sulfonamides is 1. The molecule has 0 aliphatic heterocycles. The lowest BCUT2D eigenvalue weighted by Gasteiger charge is -2.10. The molecule has 5 nitrogen and oxygen atoms in total. The zero-order chi connectivity index (χ0) is 16.6. The van der Waals surface area contributed by atoms with E-state index in [1.54, 1.807) is 23.0 Å². The van der Waals surface area contributed by atoms with E-state index in [0.717, 1.165) is 25.9 Å². The van der Waals surface area contributed by atoms with Gasteiger partial charge in [0.05, 0.1) is 22.5 Å². The maximum Gasteiger partial charge on any atom is 0.238 e. The zero-order valence-corrected chi connectivity index (χ0v) is 15.6. The van der Waals surface area contributed by atoms with E-state index in [-0.39, 0.29) is 4.90 Å². The molecule has 2 aromatic carbocycles. The van der Waals surface area contributed by atoms with Crippen LogP contribution in [0.4, 0.5) is 0 Å². The zero-order valence-electron chi connectivity index (χ0n) is 11.6. The summed E-state index contributed by atoms with van der Waals surface area (Å²) in [7, 11) is -3.71. The summed E-state index contributed by atoms with van der Waals surface area (Å²) in [6.45, 7) is 0. The molecule has 1 heterocycles. The SMILES string of the molecule is NS(=O)(=O)c1ccc(-n2nccc2-c2cc(Br)ccc2Br)cc1. The van der Waals surface area contributed by atoms with Gasteiger partial charge in [-0.05, 0) is 48.5 Å². The molecule has 0 radical (unpaired) electrons. The van der Waals surface area contributed by atoms with Gasteiger partial charge < -0.3 is 0 Å². The molecule has 0 amide bonds. The molecule has 0 atom stereocenters. The maximum absolute atomic E-state index is 11.3. The highest BCUT2D eigenvalue weighted by Gasteiger charge is 2.12. The van der Waals surface area contributed by atoms with E-state index >= 15 is 0 Å². The predicted molar refractivity (Wildman–Crippen MR) is 95.8 cm³/mol. The number of benzene rings is 2. The van der Waals surface area contributed by atoms with Crippen LogP contribution >= 0.6 is 31.9 Å². The van der Waals surface area contributed by atoms with E-state index in [1.807, 2.05) is 24.3 Å². The molecule has 118 valence electrons. The first-order valence-electron chi connectivity index (χ1n) is 6.49. The Morgan fingerprint density at radius 1 is 1.00 bits per heavy atom. The summed E-state index contributed by atoms with van der Waals surface area (Å²) in [4.78, 5) is 0.0681. The van der Waals surface area contributed by atoms with Crippen molar-refractivity contribution in [1.29, 1.82) is 0 Å². The van der Waals surface area contributed by atoms with Crippen molar-refractivity contribution >= 4 is 41.9 Å². The van der Waals surface area contributed by atoms with Crippen molar-refractivity contribution in [3.8, 4) is 16.9 Å². The first kappa shape index (κ1) is 16.4. The molecular weight excluding hydrogens is 446 g/mol. The van der Waals surface area contributed by atoms with E-state index in [0.29, 0.717) is 0 Å². The van der Waals surface area contributed by atoms with Crippen LogP contribution < -0.4 is 5.14 Å². The Morgan fingerprint density at radius 3 is 2.35 bits per heavy atom. The van der Waals surface area contributed by atoms with Crippen LogP contribution in [0.5, 0.6) is 0 Å². The van der Waals surface area contributed by atoms with Crippen LogP contribution in [-0.2, 0) is 10.0 Å². The predicted octanol–water partition coefficient (Wildman–Crippen LogP) is 3.71. The monoisotopic (exact) mass is 455 g/mol. The van der Waals surface area contributed by atoms with E-state index in [1.165, 1.54) is 12.1 Å². The van der Waals surface area contributed by atoms with Crippen LogP contribution in [0, 0.1) is 0 Å². The van der Waals surface area contributed by atoms with Crippen molar-refractivity contribution in [1.82, 2.24) is 9.78 Å². The standard InChI is InChI=1S/C15H11Br2N3O2S/c16-10-1-6-14(17)13(9-10)15-7-8-19-20(15)11-2-4-12(5-3-11)23(18,21)22/h1-9H,(H2,18,21,22). The molecule has 0 unspecified atom stereocenters. The van der Waals surface area contributed by atoms with Gasteiger partial charge >= 0.3 is 0 Å². The molecule has 2 N–H and O–H groups in total. The van der Waals surface area contributed by atoms with Crippen molar-refractivity contribution in [3.05, 3.63) is 63.7 Å². The number of rotatable bonds is 3. The lowest BCUT2D eigenvalue weighted by atomic mass is 10.1. The normalized spacial score (nSPS) is 11.6.